The molecule has 1 atom stereocenters. The zero-order valence-electron chi connectivity index (χ0n) is 14.1. The van der Waals surface area contributed by atoms with Gasteiger partial charge in [-0.05, 0) is 24.1 Å². The third-order valence-corrected chi connectivity index (χ3v) is 4.42. The Kier molecular flexibility index (Phi) is 4.31. The summed E-state index contributed by atoms with van der Waals surface area (Å²) in [5, 5.41) is 4.32. The maximum Gasteiger partial charge on any atom is 0.254 e. The summed E-state index contributed by atoms with van der Waals surface area (Å²) in [6.07, 6.45) is 3.36. The van der Waals surface area contributed by atoms with Gasteiger partial charge in [0.05, 0.1) is 6.61 Å². The number of nitrogens with zero attached hydrogens (tertiary/aromatic N) is 5. The maximum atomic E-state index is 13.2. The molecule has 1 fully saturated rings. The maximum absolute atomic E-state index is 13.2. The van der Waals surface area contributed by atoms with Gasteiger partial charge in [0.1, 0.15) is 24.1 Å². The quantitative estimate of drug-likeness (QED) is 0.730. The van der Waals surface area contributed by atoms with E-state index in [9.17, 15) is 4.39 Å². The van der Waals surface area contributed by atoms with E-state index in [0.717, 1.165) is 36.5 Å². The van der Waals surface area contributed by atoms with E-state index in [2.05, 4.69) is 33.0 Å². The van der Waals surface area contributed by atoms with Crippen molar-refractivity contribution < 1.29 is 9.13 Å². The van der Waals surface area contributed by atoms with Crippen LogP contribution in [0.25, 0.3) is 5.78 Å². The van der Waals surface area contributed by atoms with Crippen LogP contribution >= 0.6 is 0 Å². The minimum atomic E-state index is -0.237. The van der Waals surface area contributed by atoms with Gasteiger partial charge >= 0.3 is 0 Å². The molecule has 2 aromatic heterocycles. The van der Waals surface area contributed by atoms with Crippen LogP contribution in [0.1, 0.15) is 30.7 Å². The van der Waals surface area contributed by atoms with Crippen molar-refractivity contribution in [2.75, 3.05) is 24.6 Å². The second-order valence-electron chi connectivity index (χ2n) is 6.18. The van der Waals surface area contributed by atoms with Crippen LogP contribution in [0.3, 0.4) is 0 Å². The molecule has 3 heterocycles. The lowest BCUT2D eigenvalue weighted by atomic mass is 10.1. The minimum Gasteiger partial charge on any atom is -0.370 e. The Bertz CT molecular complexity index is 864. The Hall–Kier alpha value is -2.54. The number of ether oxygens (including phenoxy) is 1. The van der Waals surface area contributed by atoms with Crippen molar-refractivity contribution >= 4 is 11.6 Å². The van der Waals surface area contributed by atoms with Gasteiger partial charge in [-0.1, -0.05) is 25.5 Å². The molecule has 3 aromatic rings. The van der Waals surface area contributed by atoms with Gasteiger partial charge in [-0.25, -0.2) is 9.37 Å². The standard InChI is InChI=1S/C18H20FN5O/c1-2-3-15-10-17(24-18(22-15)20-12-21-24)23-8-9-25-16(11-23)13-4-6-14(19)7-5-13/h4-7,10,12,16H,2-3,8-9,11H2,1H3/t16-/m0/s1. The van der Waals surface area contributed by atoms with Gasteiger partial charge in [-0.2, -0.15) is 14.6 Å². The monoisotopic (exact) mass is 341 g/mol. The molecule has 25 heavy (non-hydrogen) atoms. The van der Waals surface area contributed by atoms with Gasteiger partial charge in [0.2, 0.25) is 0 Å². The van der Waals surface area contributed by atoms with E-state index in [4.69, 9.17) is 4.74 Å². The summed E-state index contributed by atoms with van der Waals surface area (Å²) in [4.78, 5) is 11.0. The van der Waals surface area contributed by atoms with Gasteiger partial charge in [0.15, 0.2) is 0 Å². The topological polar surface area (TPSA) is 55.6 Å². The molecule has 1 aromatic carbocycles. The number of aryl methyl sites for hydroxylation is 1. The molecule has 1 aliphatic heterocycles. The number of anilines is 1. The molecule has 0 saturated carbocycles. The number of hydrogen-bond acceptors (Lipinski definition) is 5. The van der Waals surface area contributed by atoms with E-state index < -0.39 is 0 Å². The van der Waals surface area contributed by atoms with Gasteiger partial charge < -0.3 is 9.64 Å². The summed E-state index contributed by atoms with van der Waals surface area (Å²) in [6, 6.07) is 8.59. The fourth-order valence-corrected chi connectivity index (χ4v) is 3.19. The lowest BCUT2D eigenvalue weighted by molar-refractivity contribution is 0.0393. The van der Waals surface area contributed by atoms with Gasteiger partial charge in [0.25, 0.3) is 5.78 Å². The van der Waals surface area contributed by atoms with Crippen molar-refractivity contribution in [2.24, 2.45) is 0 Å². The highest BCUT2D eigenvalue weighted by Gasteiger charge is 2.24. The summed E-state index contributed by atoms with van der Waals surface area (Å²) in [5.41, 5.74) is 1.99. The van der Waals surface area contributed by atoms with Crippen LogP contribution in [0.5, 0.6) is 0 Å². The van der Waals surface area contributed by atoms with Crippen molar-refractivity contribution in [3.05, 3.63) is 53.7 Å². The summed E-state index contributed by atoms with van der Waals surface area (Å²) in [6.45, 7) is 4.18. The molecule has 0 aliphatic carbocycles. The van der Waals surface area contributed by atoms with Crippen LogP contribution in [0.15, 0.2) is 36.7 Å². The average molecular weight is 341 g/mol. The minimum absolute atomic E-state index is 0.101. The van der Waals surface area contributed by atoms with Gasteiger partial charge in [-0.3, -0.25) is 0 Å². The second-order valence-corrected chi connectivity index (χ2v) is 6.18. The molecular formula is C18H20FN5O. The molecule has 130 valence electrons. The van der Waals surface area contributed by atoms with Crippen LogP contribution in [0.4, 0.5) is 10.2 Å². The zero-order valence-corrected chi connectivity index (χ0v) is 14.1. The van der Waals surface area contributed by atoms with E-state index in [1.807, 2.05) is 0 Å². The van der Waals surface area contributed by atoms with Crippen LogP contribution in [-0.2, 0) is 11.2 Å². The summed E-state index contributed by atoms with van der Waals surface area (Å²) in [7, 11) is 0. The Morgan fingerprint density at radius 3 is 2.92 bits per heavy atom. The Morgan fingerprint density at radius 2 is 2.12 bits per heavy atom. The van der Waals surface area contributed by atoms with E-state index >= 15 is 0 Å². The average Bonchev–Trinajstić information content (AvgIpc) is 3.10. The molecule has 7 heteroatoms. The molecule has 0 spiro atoms. The summed E-state index contributed by atoms with van der Waals surface area (Å²) >= 11 is 0. The Morgan fingerprint density at radius 1 is 1.28 bits per heavy atom. The van der Waals surface area contributed by atoms with Gasteiger partial charge in [-0.15, -0.1) is 0 Å². The number of hydrogen-bond donors (Lipinski definition) is 0. The molecule has 0 N–H and O–H groups in total. The fourth-order valence-electron chi connectivity index (χ4n) is 3.19. The van der Waals surface area contributed by atoms with Crippen LogP contribution in [0, 0.1) is 5.82 Å². The number of morpholine rings is 1. The molecule has 0 amide bonds. The molecule has 6 nitrogen and oxygen atoms in total. The van der Waals surface area contributed by atoms with E-state index in [1.54, 1.807) is 16.6 Å². The lowest BCUT2D eigenvalue weighted by Gasteiger charge is -2.34. The Labute approximate surface area is 145 Å². The number of fused-ring (bicyclic) bond motifs is 1. The van der Waals surface area contributed by atoms with Crippen molar-refractivity contribution in [1.82, 2.24) is 19.6 Å². The first-order valence-electron chi connectivity index (χ1n) is 8.56. The van der Waals surface area contributed by atoms with E-state index in [0.29, 0.717) is 18.9 Å². The first-order chi connectivity index (χ1) is 12.2. The predicted octanol–water partition coefficient (Wildman–Crippen LogP) is 2.79. The summed E-state index contributed by atoms with van der Waals surface area (Å²) < 4.78 is 20.8. The van der Waals surface area contributed by atoms with Crippen molar-refractivity contribution in [1.29, 1.82) is 0 Å². The van der Waals surface area contributed by atoms with Crippen molar-refractivity contribution in [3.63, 3.8) is 0 Å². The lowest BCUT2D eigenvalue weighted by Crippen LogP contribution is -2.39. The normalized spacial score (nSPS) is 18.0. The zero-order chi connectivity index (χ0) is 17.2. The van der Waals surface area contributed by atoms with Crippen LogP contribution in [0.2, 0.25) is 0 Å². The first kappa shape index (κ1) is 16.0. The largest absolute Gasteiger partial charge is 0.370 e. The van der Waals surface area contributed by atoms with E-state index in [1.165, 1.54) is 18.5 Å². The summed E-state index contributed by atoms with van der Waals surface area (Å²) in [5.74, 6) is 1.35. The molecule has 4 rings (SSSR count). The van der Waals surface area contributed by atoms with Crippen molar-refractivity contribution in [2.45, 2.75) is 25.9 Å². The smallest absolute Gasteiger partial charge is 0.254 e. The first-order valence-corrected chi connectivity index (χ1v) is 8.56. The molecule has 0 radical (unpaired) electrons. The highest BCUT2D eigenvalue weighted by atomic mass is 19.1. The molecule has 1 saturated heterocycles. The number of halogens is 1. The van der Waals surface area contributed by atoms with Crippen LogP contribution < -0.4 is 4.90 Å². The second kappa shape index (κ2) is 6.76. The third kappa shape index (κ3) is 3.19. The molecule has 0 unspecified atom stereocenters. The fraction of sp³-hybridized carbons (Fsp3) is 0.389. The molecule has 0 bridgehead atoms. The SMILES string of the molecule is CCCc1cc(N2CCO[C@H](c3ccc(F)cc3)C2)n2ncnc2n1. The van der Waals surface area contributed by atoms with E-state index in [-0.39, 0.29) is 11.9 Å². The predicted molar refractivity (Wildman–Crippen MR) is 92.1 cm³/mol. The van der Waals surface area contributed by atoms with Gasteiger partial charge in [0, 0.05) is 24.8 Å². The number of benzene rings is 1. The molecular weight excluding hydrogens is 321 g/mol. The third-order valence-electron chi connectivity index (χ3n) is 4.42. The number of rotatable bonds is 4. The molecule has 1 aliphatic rings. The highest BCUT2D eigenvalue weighted by Crippen LogP contribution is 2.27. The van der Waals surface area contributed by atoms with Crippen molar-refractivity contribution in [3.8, 4) is 0 Å². The Balaban J connectivity index is 1.65. The van der Waals surface area contributed by atoms with Crippen LogP contribution in [-0.4, -0.2) is 39.3 Å². The number of aromatic nitrogens is 4. The highest BCUT2D eigenvalue weighted by molar-refractivity contribution is 5.48.